The predicted molar refractivity (Wildman–Crippen MR) is 86.9 cm³/mol. The molecule has 1 aliphatic heterocycles. The molecule has 1 aromatic rings. The van der Waals surface area contributed by atoms with Crippen LogP contribution in [0.2, 0.25) is 0 Å². The number of rotatable bonds is 7. The molecule has 1 saturated heterocycles. The number of likely N-dealkylation sites (tertiary alicyclic amines) is 1. The second-order valence-corrected chi connectivity index (χ2v) is 6.30. The van der Waals surface area contributed by atoms with E-state index >= 15 is 0 Å². The van der Waals surface area contributed by atoms with Crippen molar-refractivity contribution in [3.8, 4) is 0 Å². The molecule has 1 N–H and O–H groups in total. The van der Waals surface area contributed by atoms with E-state index in [0.717, 1.165) is 18.5 Å². The molecule has 20 heavy (non-hydrogen) atoms. The largest absolute Gasteiger partial charge is 0.310 e. The zero-order valence-corrected chi connectivity index (χ0v) is 13.3. The van der Waals surface area contributed by atoms with E-state index in [-0.39, 0.29) is 0 Å². The van der Waals surface area contributed by atoms with Crippen LogP contribution in [0.15, 0.2) is 30.3 Å². The number of hydrogen-bond donors (Lipinski definition) is 1. The fourth-order valence-electron chi connectivity index (χ4n) is 3.50. The highest BCUT2D eigenvalue weighted by Gasteiger charge is 2.27. The molecule has 0 radical (unpaired) electrons. The third-order valence-corrected chi connectivity index (χ3v) is 4.54. The fourth-order valence-corrected chi connectivity index (χ4v) is 3.50. The monoisotopic (exact) mass is 274 g/mol. The van der Waals surface area contributed by atoms with Crippen molar-refractivity contribution in [3.63, 3.8) is 0 Å². The maximum Gasteiger partial charge on any atom is 0.0332 e. The van der Waals surface area contributed by atoms with Crippen molar-refractivity contribution >= 4 is 0 Å². The molecule has 0 aromatic heterocycles. The van der Waals surface area contributed by atoms with E-state index in [1.807, 2.05) is 0 Å². The van der Waals surface area contributed by atoms with Gasteiger partial charge in [0.05, 0.1) is 0 Å². The van der Waals surface area contributed by atoms with Crippen molar-refractivity contribution in [2.75, 3.05) is 19.6 Å². The van der Waals surface area contributed by atoms with Gasteiger partial charge in [0.1, 0.15) is 0 Å². The number of nitrogens with zero attached hydrogens (tertiary/aromatic N) is 1. The van der Waals surface area contributed by atoms with Gasteiger partial charge >= 0.3 is 0 Å². The van der Waals surface area contributed by atoms with Gasteiger partial charge in [-0.1, -0.05) is 51.1 Å². The minimum absolute atomic E-state index is 0.495. The Kier molecular flexibility index (Phi) is 6.06. The van der Waals surface area contributed by atoms with Crippen molar-refractivity contribution in [2.45, 2.75) is 52.1 Å². The lowest BCUT2D eigenvalue weighted by molar-refractivity contribution is 0.197. The Morgan fingerprint density at radius 3 is 2.65 bits per heavy atom. The summed E-state index contributed by atoms with van der Waals surface area (Å²) in [6.07, 6.45) is 3.97. The minimum atomic E-state index is 0.495. The van der Waals surface area contributed by atoms with Crippen molar-refractivity contribution < 1.29 is 0 Å². The quantitative estimate of drug-likeness (QED) is 0.812. The molecular formula is C18H30N2. The first-order chi connectivity index (χ1) is 9.72. The number of benzene rings is 1. The van der Waals surface area contributed by atoms with Crippen molar-refractivity contribution in [2.24, 2.45) is 5.92 Å². The summed E-state index contributed by atoms with van der Waals surface area (Å²) in [4.78, 5) is 2.71. The highest BCUT2D eigenvalue weighted by atomic mass is 15.2. The molecule has 2 unspecified atom stereocenters. The Balaban J connectivity index is 1.92. The molecule has 1 aromatic carbocycles. The predicted octanol–water partition coefficient (Wildman–Crippen LogP) is 3.85. The summed E-state index contributed by atoms with van der Waals surface area (Å²) >= 11 is 0. The number of hydrogen-bond acceptors (Lipinski definition) is 2. The van der Waals surface area contributed by atoms with Crippen LogP contribution in [0.3, 0.4) is 0 Å². The topological polar surface area (TPSA) is 15.3 Å². The van der Waals surface area contributed by atoms with Gasteiger partial charge in [0, 0.05) is 18.6 Å². The van der Waals surface area contributed by atoms with E-state index in [2.05, 4.69) is 61.3 Å². The Labute approximate surface area is 124 Å². The first-order valence-corrected chi connectivity index (χ1v) is 8.24. The minimum Gasteiger partial charge on any atom is -0.310 e. The van der Waals surface area contributed by atoms with E-state index in [1.54, 1.807) is 0 Å². The maximum absolute atomic E-state index is 3.64. The van der Waals surface area contributed by atoms with Crippen LogP contribution in [-0.2, 0) is 0 Å². The first-order valence-electron chi connectivity index (χ1n) is 8.24. The summed E-state index contributed by atoms with van der Waals surface area (Å²) in [5, 5.41) is 3.64. The van der Waals surface area contributed by atoms with E-state index in [9.17, 15) is 0 Å². The maximum atomic E-state index is 3.64. The highest BCUT2D eigenvalue weighted by Crippen LogP contribution is 2.25. The van der Waals surface area contributed by atoms with Crippen LogP contribution in [0.1, 0.15) is 51.6 Å². The lowest BCUT2D eigenvalue weighted by Gasteiger charge is -2.29. The van der Waals surface area contributed by atoms with Gasteiger partial charge in [0.25, 0.3) is 0 Å². The zero-order chi connectivity index (χ0) is 14.4. The lowest BCUT2D eigenvalue weighted by atomic mass is 10.0. The molecule has 1 aliphatic rings. The van der Waals surface area contributed by atoms with Crippen LogP contribution in [0.25, 0.3) is 0 Å². The number of nitrogens with one attached hydrogen (secondary N) is 1. The van der Waals surface area contributed by atoms with Gasteiger partial charge in [-0.2, -0.15) is 0 Å². The summed E-state index contributed by atoms with van der Waals surface area (Å²) in [7, 11) is 0. The second-order valence-electron chi connectivity index (χ2n) is 6.30. The molecule has 0 bridgehead atoms. The lowest BCUT2D eigenvalue weighted by Crippen LogP contribution is -2.36. The van der Waals surface area contributed by atoms with E-state index < -0.39 is 0 Å². The first kappa shape index (κ1) is 15.5. The van der Waals surface area contributed by atoms with Crippen molar-refractivity contribution in [3.05, 3.63) is 35.9 Å². The zero-order valence-electron chi connectivity index (χ0n) is 13.3. The van der Waals surface area contributed by atoms with E-state index in [0.29, 0.717) is 6.04 Å². The molecule has 2 heteroatoms. The van der Waals surface area contributed by atoms with E-state index in [4.69, 9.17) is 0 Å². The normalized spacial score (nSPS) is 21.5. The van der Waals surface area contributed by atoms with Gasteiger partial charge in [0.15, 0.2) is 0 Å². The van der Waals surface area contributed by atoms with Crippen LogP contribution in [0.4, 0.5) is 0 Å². The molecule has 2 rings (SSSR count). The summed E-state index contributed by atoms with van der Waals surface area (Å²) in [5.74, 6) is 0.784. The fraction of sp³-hybridized carbons (Fsp3) is 0.667. The van der Waals surface area contributed by atoms with E-state index in [1.165, 1.54) is 37.9 Å². The Bertz CT molecular complexity index is 374. The van der Waals surface area contributed by atoms with Gasteiger partial charge in [-0.3, -0.25) is 0 Å². The third-order valence-electron chi connectivity index (χ3n) is 4.54. The van der Waals surface area contributed by atoms with Gasteiger partial charge in [-0.15, -0.1) is 0 Å². The Morgan fingerprint density at radius 2 is 2.00 bits per heavy atom. The third kappa shape index (κ3) is 4.07. The summed E-state index contributed by atoms with van der Waals surface area (Å²) in [6, 6.07) is 12.2. The van der Waals surface area contributed by atoms with Crippen molar-refractivity contribution in [1.82, 2.24) is 10.2 Å². The molecule has 0 saturated carbocycles. The standard InChI is InChI=1S/C18H30N2/c1-4-19-17(16-9-6-5-7-10-16)12-14-20-13-8-11-18(20)15(2)3/h5-7,9-10,15,17-19H,4,8,11-14H2,1-3H3. The van der Waals surface area contributed by atoms with Crippen LogP contribution >= 0.6 is 0 Å². The molecule has 1 fully saturated rings. The molecule has 1 heterocycles. The average Bonchev–Trinajstić information content (AvgIpc) is 2.93. The molecule has 0 spiro atoms. The molecular weight excluding hydrogens is 244 g/mol. The van der Waals surface area contributed by atoms with Gasteiger partial charge in [-0.25, -0.2) is 0 Å². The van der Waals surface area contributed by atoms with Crippen LogP contribution < -0.4 is 5.32 Å². The van der Waals surface area contributed by atoms with Crippen LogP contribution in [0.5, 0.6) is 0 Å². The molecule has 2 nitrogen and oxygen atoms in total. The Morgan fingerprint density at radius 1 is 1.25 bits per heavy atom. The van der Waals surface area contributed by atoms with Gasteiger partial charge in [-0.05, 0) is 43.8 Å². The summed E-state index contributed by atoms with van der Waals surface area (Å²) in [5.41, 5.74) is 1.43. The highest BCUT2D eigenvalue weighted by molar-refractivity contribution is 5.18. The SMILES string of the molecule is CCNC(CCN1CCCC1C(C)C)c1ccccc1. The summed E-state index contributed by atoms with van der Waals surface area (Å²) in [6.45, 7) is 10.5. The summed E-state index contributed by atoms with van der Waals surface area (Å²) < 4.78 is 0. The smallest absolute Gasteiger partial charge is 0.0332 e. The second kappa shape index (κ2) is 7.80. The van der Waals surface area contributed by atoms with Crippen LogP contribution in [-0.4, -0.2) is 30.6 Å². The molecule has 0 aliphatic carbocycles. The molecule has 112 valence electrons. The van der Waals surface area contributed by atoms with Crippen molar-refractivity contribution in [1.29, 1.82) is 0 Å². The molecule has 2 atom stereocenters. The molecule has 0 amide bonds. The average molecular weight is 274 g/mol. The van der Waals surface area contributed by atoms with Crippen LogP contribution in [0, 0.1) is 5.92 Å². The van der Waals surface area contributed by atoms with Gasteiger partial charge < -0.3 is 10.2 Å². The van der Waals surface area contributed by atoms with Gasteiger partial charge in [0.2, 0.25) is 0 Å². The Hall–Kier alpha value is -0.860.